The predicted octanol–water partition coefficient (Wildman–Crippen LogP) is 6.68. The minimum Gasteiger partial charge on any atom is -0.396 e. The molecule has 5 aliphatic rings. The quantitative estimate of drug-likeness (QED) is 0.307. The average molecular weight is 529 g/mol. The molecule has 4 heteroatoms. The molecule has 12 atom stereocenters. The minimum atomic E-state index is -0.571. The SMILES string of the molecule is CC(C)CCCC(C)C1CCC2C3C(O)C=C4CC(O[C@@H]5C=C[C@H](O)C(CO)C5)CCC4(C)C3CCC12C. The Kier molecular flexibility index (Phi) is 8.58. The Morgan fingerprint density at radius 1 is 0.947 bits per heavy atom. The molecule has 5 rings (SSSR count). The molecule has 0 heterocycles. The van der Waals surface area contributed by atoms with E-state index < -0.39 is 6.10 Å². The second-order valence-electron chi connectivity index (χ2n) is 15.0. The molecule has 0 aliphatic heterocycles. The van der Waals surface area contributed by atoms with E-state index in [1.807, 2.05) is 6.08 Å². The number of aliphatic hydroxyl groups is 3. The molecular formula is C34H56O4. The zero-order valence-corrected chi connectivity index (χ0v) is 24.8. The molecular weight excluding hydrogens is 472 g/mol. The lowest BCUT2D eigenvalue weighted by Gasteiger charge is -2.59. The number of hydrogen-bond donors (Lipinski definition) is 3. The molecule has 0 amide bonds. The van der Waals surface area contributed by atoms with E-state index in [0.29, 0.717) is 29.6 Å². The first-order valence-corrected chi connectivity index (χ1v) is 16.1. The number of aliphatic hydroxyl groups excluding tert-OH is 3. The van der Waals surface area contributed by atoms with Crippen LogP contribution in [-0.4, -0.2) is 46.3 Å². The molecule has 0 aromatic rings. The fourth-order valence-corrected chi connectivity index (χ4v) is 10.2. The maximum atomic E-state index is 11.7. The van der Waals surface area contributed by atoms with E-state index in [1.54, 1.807) is 6.08 Å². The summed E-state index contributed by atoms with van der Waals surface area (Å²) in [5.74, 6) is 3.88. The van der Waals surface area contributed by atoms with Crippen molar-refractivity contribution in [1.82, 2.24) is 0 Å². The summed E-state index contributed by atoms with van der Waals surface area (Å²) in [6.45, 7) is 12.3. The Labute approximate surface area is 232 Å². The van der Waals surface area contributed by atoms with Crippen molar-refractivity contribution in [3.63, 3.8) is 0 Å². The summed E-state index contributed by atoms with van der Waals surface area (Å²) in [5, 5.41) is 31.3. The van der Waals surface area contributed by atoms with Gasteiger partial charge in [-0.05, 0) is 97.7 Å². The van der Waals surface area contributed by atoms with Crippen LogP contribution >= 0.6 is 0 Å². The van der Waals surface area contributed by atoms with Gasteiger partial charge in [-0.2, -0.15) is 0 Å². The van der Waals surface area contributed by atoms with Crippen LogP contribution in [0.25, 0.3) is 0 Å². The van der Waals surface area contributed by atoms with Gasteiger partial charge in [-0.15, -0.1) is 0 Å². The summed E-state index contributed by atoms with van der Waals surface area (Å²) in [6.07, 6.45) is 18.3. The molecule has 3 saturated carbocycles. The smallest absolute Gasteiger partial charge is 0.0773 e. The van der Waals surface area contributed by atoms with Gasteiger partial charge >= 0.3 is 0 Å². The molecule has 0 saturated heterocycles. The highest BCUT2D eigenvalue weighted by atomic mass is 16.5. The summed E-state index contributed by atoms with van der Waals surface area (Å²) < 4.78 is 6.52. The van der Waals surface area contributed by atoms with Crippen molar-refractivity contribution in [1.29, 1.82) is 0 Å². The third-order valence-electron chi connectivity index (χ3n) is 12.4. The fraction of sp³-hybridized carbons (Fsp3) is 0.882. The van der Waals surface area contributed by atoms with Crippen LogP contribution < -0.4 is 0 Å². The maximum absolute atomic E-state index is 11.7. The van der Waals surface area contributed by atoms with E-state index in [4.69, 9.17) is 4.74 Å². The van der Waals surface area contributed by atoms with Crippen molar-refractivity contribution >= 4 is 0 Å². The number of fused-ring (bicyclic) bond motifs is 5. The summed E-state index contributed by atoms with van der Waals surface area (Å²) in [4.78, 5) is 0. The molecule has 0 spiro atoms. The van der Waals surface area contributed by atoms with Crippen molar-refractivity contribution in [2.75, 3.05) is 6.61 Å². The zero-order valence-electron chi connectivity index (χ0n) is 24.8. The summed E-state index contributed by atoms with van der Waals surface area (Å²) in [5.41, 5.74) is 1.99. The van der Waals surface area contributed by atoms with Gasteiger partial charge in [0, 0.05) is 12.5 Å². The van der Waals surface area contributed by atoms with Gasteiger partial charge in [0.25, 0.3) is 0 Å². The molecule has 10 unspecified atom stereocenters. The van der Waals surface area contributed by atoms with Gasteiger partial charge < -0.3 is 20.1 Å². The number of ether oxygens (including phenoxy) is 1. The largest absolute Gasteiger partial charge is 0.396 e. The van der Waals surface area contributed by atoms with E-state index in [0.717, 1.165) is 37.0 Å². The molecule has 0 aromatic carbocycles. The summed E-state index contributed by atoms with van der Waals surface area (Å²) in [6, 6.07) is 0. The van der Waals surface area contributed by atoms with Crippen molar-refractivity contribution in [3.8, 4) is 0 Å². The highest BCUT2D eigenvalue weighted by molar-refractivity contribution is 5.28. The molecule has 4 nitrogen and oxygen atoms in total. The van der Waals surface area contributed by atoms with Crippen LogP contribution in [-0.2, 0) is 4.74 Å². The van der Waals surface area contributed by atoms with E-state index in [2.05, 4.69) is 40.7 Å². The topological polar surface area (TPSA) is 69.9 Å². The van der Waals surface area contributed by atoms with Crippen molar-refractivity contribution in [2.45, 2.75) is 130 Å². The molecule has 38 heavy (non-hydrogen) atoms. The van der Waals surface area contributed by atoms with Crippen LogP contribution in [0.4, 0.5) is 0 Å². The third kappa shape index (κ3) is 5.21. The van der Waals surface area contributed by atoms with Gasteiger partial charge in [-0.25, -0.2) is 0 Å². The number of rotatable bonds is 8. The summed E-state index contributed by atoms with van der Waals surface area (Å²) in [7, 11) is 0. The van der Waals surface area contributed by atoms with E-state index >= 15 is 0 Å². The van der Waals surface area contributed by atoms with Gasteiger partial charge in [0.15, 0.2) is 0 Å². The second kappa shape index (κ2) is 11.3. The van der Waals surface area contributed by atoms with E-state index in [9.17, 15) is 15.3 Å². The minimum absolute atomic E-state index is 0.00775. The Morgan fingerprint density at radius 3 is 2.47 bits per heavy atom. The molecule has 5 aliphatic carbocycles. The predicted molar refractivity (Wildman–Crippen MR) is 153 cm³/mol. The van der Waals surface area contributed by atoms with Crippen LogP contribution in [0.15, 0.2) is 23.8 Å². The fourth-order valence-electron chi connectivity index (χ4n) is 10.2. The first kappa shape index (κ1) is 28.8. The van der Waals surface area contributed by atoms with Crippen LogP contribution in [0.2, 0.25) is 0 Å². The van der Waals surface area contributed by atoms with Gasteiger partial charge in [0.05, 0.1) is 24.4 Å². The molecule has 0 aromatic heterocycles. The van der Waals surface area contributed by atoms with E-state index in [1.165, 1.54) is 50.5 Å². The molecule has 3 fully saturated rings. The molecule has 0 radical (unpaired) electrons. The Morgan fingerprint density at radius 2 is 1.74 bits per heavy atom. The second-order valence-corrected chi connectivity index (χ2v) is 15.0. The first-order valence-electron chi connectivity index (χ1n) is 16.1. The van der Waals surface area contributed by atoms with Crippen LogP contribution in [0, 0.1) is 52.3 Å². The molecule has 216 valence electrons. The van der Waals surface area contributed by atoms with Crippen molar-refractivity contribution in [2.24, 2.45) is 52.3 Å². The van der Waals surface area contributed by atoms with Crippen LogP contribution in [0.3, 0.4) is 0 Å². The van der Waals surface area contributed by atoms with Gasteiger partial charge in [-0.1, -0.05) is 77.7 Å². The number of hydrogen-bond acceptors (Lipinski definition) is 4. The lowest BCUT2D eigenvalue weighted by atomic mass is 9.46. The lowest BCUT2D eigenvalue weighted by Crippen LogP contribution is -2.55. The normalized spacial score (nSPS) is 47.3. The van der Waals surface area contributed by atoms with Gasteiger partial charge in [-0.3, -0.25) is 0 Å². The Balaban J connectivity index is 1.27. The Hall–Kier alpha value is -0.680. The van der Waals surface area contributed by atoms with Crippen LogP contribution in [0.5, 0.6) is 0 Å². The highest BCUT2D eigenvalue weighted by Gasteiger charge is 2.61. The lowest BCUT2D eigenvalue weighted by molar-refractivity contribution is -0.105. The van der Waals surface area contributed by atoms with Crippen LogP contribution in [0.1, 0.15) is 105 Å². The standard InChI is InChI=1S/C34H56O4/c1-21(2)7-6-8-22(3)27-10-11-28-32-29(14-16-34(27,28)5)33(4)15-13-26(18-24(33)19-31(32)37)38-25-9-12-30(36)23(17-25)20-35/h9,12,19,21-23,25-32,35-37H,6-8,10-11,13-18,20H2,1-5H3/t22?,23?,25-,26?,27?,28?,29?,30+,31?,32?,33?,34?/m1/s1. The third-order valence-corrected chi connectivity index (χ3v) is 12.4. The summed E-state index contributed by atoms with van der Waals surface area (Å²) >= 11 is 0. The molecule has 3 N–H and O–H groups in total. The monoisotopic (exact) mass is 528 g/mol. The van der Waals surface area contributed by atoms with Crippen molar-refractivity contribution in [3.05, 3.63) is 23.8 Å². The van der Waals surface area contributed by atoms with Gasteiger partial charge in [0.2, 0.25) is 0 Å². The van der Waals surface area contributed by atoms with Crippen molar-refractivity contribution < 1.29 is 20.1 Å². The average Bonchev–Trinajstić information content (AvgIpc) is 3.23. The highest BCUT2D eigenvalue weighted by Crippen LogP contribution is 2.67. The van der Waals surface area contributed by atoms with E-state index in [-0.39, 0.29) is 36.3 Å². The van der Waals surface area contributed by atoms with Gasteiger partial charge in [0.1, 0.15) is 0 Å². The molecule has 0 bridgehead atoms. The Bertz CT molecular complexity index is 880. The first-order chi connectivity index (χ1) is 18.1. The zero-order chi connectivity index (χ0) is 27.2. The maximum Gasteiger partial charge on any atom is 0.0773 e.